The van der Waals surface area contributed by atoms with E-state index in [-0.39, 0.29) is 19.4 Å². The third kappa shape index (κ3) is 1.52. The fourth-order valence-electron chi connectivity index (χ4n) is 2.29. The van der Waals surface area contributed by atoms with E-state index in [0.717, 1.165) is 30.6 Å². The molecule has 3 heteroatoms. The van der Waals surface area contributed by atoms with Crippen molar-refractivity contribution in [1.82, 2.24) is 4.90 Å². The van der Waals surface area contributed by atoms with Crippen molar-refractivity contribution in [1.29, 1.82) is 0 Å². The van der Waals surface area contributed by atoms with Gasteiger partial charge in [-0.15, -0.1) is 0 Å². The number of amides is 1. The Morgan fingerprint density at radius 2 is 2.12 bits per heavy atom. The van der Waals surface area contributed by atoms with E-state index >= 15 is 0 Å². The standard InChI is InChI=1S/C12H12N2O.CH4/c15-12-10-5-1-2-6-11(10)13-8-9-4-3-7-14(9)12;/h1-2,5-6,8-9H,3-4,7H2;1H4. The van der Waals surface area contributed by atoms with Gasteiger partial charge in [0.25, 0.3) is 5.91 Å². The van der Waals surface area contributed by atoms with Crippen LogP contribution in [0.15, 0.2) is 29.3 Å². The van der Waals surface area contributed by atoms with Gasteiger partial charge in [-0.1, -0.05) is 19.6 Å². The zero-order valence-electron chi connectivity index (χ0n) is 8.39. The van der Waals surface area contributed by atoms with Crippen LogP contribution in [0.25, 0.3) is 0 Å². The summed E-state index contributed by atoms with van der Waals surface area (Å²) in [4.78, 5) is 18.5. The fraction of sp³-hybridized carbons (Fsp3) is 0.385. The molecule has 0 radical (unpaired) electrons. The lowest BCUT2D eigenvalue weighted by molar-refractivity contribution is 0.0775. The van der Waals surface area contributed by atoms with Crippen molar-refractivity contribution >= 4 is 17.8 Å². The van der Waals surface area contributed by atoms with Crippen LogP contribution in [0.3, 0.4) is 0 Å². The van der Waals surface area contributed by atoms with Gasteiger partial charge in [-0.25, -0.2) is 0 Å². The van der Waals surface area contributed by atoms with Crippen molar-refractivity contribution in [3.8, 4) is 0 Å². The monoisotopic (exact) mass is 216 g/mol. The highest BCUT2D eigenvalue weighted by Gasteiger charge is 2.31. The second-order valence-corrected chi connectivity index (χ2v) is 4.00. The summed E-state index contributed by atoms with van der Waals surface area (Å²) in [7, 11) is 0. The minimum atomic E-state index is 0. The molecule has 1 saturated heterocycles. The molecule has 2 heterocycles. The van der Waals surface area contributed by atoms with Gasteiger partial charge < -0.3 is 4.90 Å². The molecule has 1 amide bonds. The maximum atomic E-state index is 12.2. The molecule has 1 fully saturated rings. The van der Waals surface area contributed by atoms with Crippen LogP contribution in [0.1, 0.15) is 30.6 Å². The summed E-state index contributed by atoms with van der Waals surface area (Å²) in [5, 5.41) is 0. The molecule has 0 spiro atoms. The zero-order chi connectivity index (χ0) is 10.3. The van der Waals surface area contributed by atoms with E-state index in [4.69, 9.17) is 0 Å². The first-order valence-electron chi connectivity index (χ1n) is 5.30. The van der Waals surface area contributed by atoms with E-state index in [1.54, 1.807) is 0 Å². The van der Waals surface area contributed by atoms with E-state index in [9.17, 15) is 4.79 Å². The lowest BCUT2D eigenvalue weighted by atomic mass is 10.1. The molecule has 1 aromatic carbocycles. The van der Waals surface area contributed by atoms with Crippen molar-refractivity contribution < 1.29 is 4.79 Å². The van der Waals surface area contributed by atoms with Crippen LogP contribution >= 0.6 is 0 Å². The minimum absolute atomic E-state index is 0. The molecule has 2 aliphatic heterocycles. The minimum Gasteiger partial charge on any atom is -0.331 e. The number of carbonyl (C=O) groups excluding carboxylic acids is 1. The van der Waals surface area contributed by atoms with Gasteiger partial charge in [-0.2, -0.15) is 0 Å². The Hall–Kier alpha value is -1.64. The van der Waals surface area contributed by atoms with Gasteiger partial charge in [0.15, 0.2) is 0 Å². The van der Waals surface area contributed by atoms with Gasteiger partial charge in [0.05, 0.1) is 17.3 Å². The first-order valence-corrected chi connectivity index (χ1v) is 5.30. The Kier molecular flexibility index (Phi) is 2.77. The second kappa shape index (κ2) is 4.08. The molecule has 0 aliphatic carbocycles. The molecule has 0 bridgehead atoms. The lowest BCUT2D eigenvalue weighted by Crippen LogP contribution is -2.35. The normalized spacial score (nSPS) is 22.1. The number of hydrogen-bond donors (Lipinski definition) is 0. The largest absolute Gasteiger partial charge is 0.331 e. The number of nitrogens with zero attached hydrogens (tertiary/aromatic N) is 2. The van der Waals surface area contributed by atoms with Crippen LogP contribution in [0.4, 0.5) is 5.69 Å². The average molecular weight is 216 g/mol. The molecule has 84 valence electrons. The van der Waals surface area contributed by atoms with Crippen molar-refractivity contribution in [2.45, 2.75) is 26.3 Å². The molecule has 0 aromatic heterocycles. The molecule has 16 heavy (non-hydrogen) atoms. The molecule has 1 atom stereocenters. The van der Waals surface area contributed by atoms with E-state index in [0.29, 0.717) is 0 Å². The van der Waals surface area contributed by atoms with E-state index in [1.165, 1.54) is 0 Å². The van der Waals surface area contributed by atoms with E-state index < -0.39 is 0 Å². The molecule has 3 nitrogen and oxygen atoms in total. The van der Waals surface area contributed by atoms with Gasteiger partial charge in [-0.05, 0) is 25.0 Å². The Morgan fingerprint density at radius 3 is 3.00 bits per heavy atom. The molecule has 1 unspecified atom stereocenters. The van der Waals surface area contributed by atoms with Crippen molar-refractivity contribution in [2.24, 2.45) is 4.99 Å². The fourth-order valence-corrected chi connectivity index (χ4v) is 2.29. The summed E-state index contributed by atoms with van der Waals surface area (Å²) in [6.45, 7) is 0.865. The molecular weight excluding hydrogens is 200 g/mol. The molecular formula is C13H16N2O. The van der Waals surface area contributed by atoms with Gasteiger partial charge >= 0.3 is 0 Å². The first-order chi connectivity index (χ1) is 7.36. The van der Waals surface area contributed by atoms with Crippen LogP contribution < -0.4 is 0 Å². The van der Waals surface area contributed by atoms with E-state index in [1.807, 2.05) is 35.4 Å². The number of para-hydroxylation sites is 1. The van der Waals surface area contributed by atoms with Crippen LogP contribution in [0, 0.1) is 0 Å². The van der Waals surface area contributed by atoms with Crippen molar-refractivity contribution in [3.05, 3.63) is 29.8 Å². The summed E-state index contributed by atoms with van der Waals surface area (Å²) >= 11 is 0. The number of hydrogen-bond acceptors (Lipinski definition) is 2. The smallest absolute Gasteiger partial charge is 0.256 e. The number of rotatable bonds is 0. The predicted octanol–water partition coefficient (Wildman–Crippen LogP) is 2.64. The van der Waals surface area contributed by atoms with Crippen LogP contribution in [-0.4, -0.2) is 29.6 Å². The predicted molar refractivity (Wildman–Crippen MR) is 65.4 cm³/mol. The summed E-state index contributed by atoms with van der Waals surface area (Å²) in [5.41, 5.74) is 1.54. The van der Waals surface area contributed by atoms with Crippen molar-refractivity contribution in [3.63, 3.8) is 0 Å². The average Bonchev–Trinajstić information content (AvgIpc) is 2.69. The van der Waals surface area contributed by atoms with Crippen molar-refractivity contribution in [2.75, 3.05) is 6.54 Å². The van der Waals surface area contributed by atoms with Crippen LogP contribution in [-0.2, 0) is 0 Å². The second-order valence-electron chi connectivity index (χ2n) is 4.00. The quantitative estimate of drug-likeness (QED) is 0.656. The number of carbonyl (C=O) groups is 1. The SMILES string of the molecule is C.O=C1c2ccccc2N=CC2CCCN12. The number of aliphatic imine (C=N–C) groups is 1. The van der Waals surface area contributed by atoms with Gasteiger partial charge in [0.1, 0.15) is 0 Å². The highest BCUT2D eigenvalue weighted by atomic mass is 16.2. The summed E-state index contributed by atoms with van der Waals surface area (Å²) in [6.07, 6.45) is 4.05. The van der Waals surface area contributed by atoms with E-state index in [2.05, 4.69) is 4.99 Å². The maximum Gasteiger partial charge on any atom is 0.256 e. The molecule has 3 rings (SSSR count). The van der Waals surface area contributed by atoms with Gasteiger partial charge in [0.2, 0.25) is 0 Å². The lowest BCUT2D eigenvalue weighted by Gasteiger charge is -2.19. The highest BCUT2D eigenvalue weighted by molar-refractivity contribution is 6.02. The topological polar surface area (TPSA) is 32.7 Å². The Labute approximate surface area is 95.8 Å². The van der Waals surface area contributed by atoms with Gasteiger partial charge in [-0.3, -0.25) is 9.79 Å². The Bertz CT molecular complexity index is 439. The third-order valence-corrected chi connectivity index (χ3v) is 3.08. The molecule has 0 N–H and O–H groups in total. The summed E-state index contributed by atoms with van der Waals surface area (Å²) in [5.74, 6) is 0.130. The third-order valence-electron chi connectivity index (χ3n) is 3.08. The van der Waals surface area contributed by atoms with Crippen LogP contribution in [0.5, 0.6) is 0 Å². The van der Waals surface area contributed by atoms with Gasteiger partial charge in [0, 0.05) is 12.8 Å². The molecule has 1 aromatic rings. The zero-order valence-corrected chi connectivity index (χ0v) is 8.39. The molecule has 0 saturated carbocycles. The summed E-state index contributed by atoms with van der Waals surface area (Å²) in [6, 6.07) is 7.77. The number of fused-ring (bicyclic) bond motifs is 2. The summed E-state index contributed by atoms with van der Waals surface area (Å²) < 4.78 is 0. The van der Waals surface area contributed by atoms with Crippen LogP contribution in [0.2, 0.25) is 0 Å². The number of benzene rings is 1. The highest BCUT2D eigenvalue weighted by Crippen LogP contribution is 2.27. The molecule has 2 aliphatic rings. The first kappa shape index (κ1) is 10.9. The Morgan fingerprint density at radius 1 is 1.31 bits per heavy atom. The Balaban J connectivity index is 0.000000963. The maximum absolute atomic E-state index is 12.2.